The van der Waals surface area contributed by atoms with Crippen LogP contribution in [0, 0.1) is 0 Å². The van der Waals surface area contributed by atoms with Crippen LogP contribution in [0.5, 0.6) is 0 Å². The van der Waals surface area contributed by atoms with Gasteiger partial charge in [0.05, 0.1) is 17.6 Å². The zero-order chi connectivity index (χ0) is 9.26. The molecule has 4 atom stereocenters. The van der Waals surface area contributed by atoms with Crippen molar-refractivity contribution in [1.82, 2.24) is 5.32 Å². The van der Waals surface area contributed by atoms with Crippen LogP contribution in [0.4, 0.5) is 0 Å². The third kappa shape index (κ3) is 2.20. The van der Waals surface area contributed by atoms with Gasteiger partial charge in [-0.25, -0.2) is 0 Å². The van der Waals surface area contributed by atoms with Crippen molar-refractivity contribution in [3.63, 3.8) is 0 Å². The molecule has 0 bridgehead atoms. The zero-order valence-electron chi connectivity index (χ0n) is 8.45. The Morgan fingerprint density at radius 1 is 1.46 bits per heavy atom. The third-order valence-corrected chi connectivity index (χ3v) is 4.37. The van der Waals surface area contributed by atoms with Crippen LogP contribution in [-0.2, 0) is 4.74 Å². The Bertz CT molecular complexity index is 176. The number of rotatable bonds is 2. The minimum Gasteiger partial charge on any atom is -0.373 e. The fourth-order valence-corrected chi connectivity index (χ4v) is 3.53. The van der Waals surface area contributed by atoms with E-state index in [1.807, 2.05) is 11.8 Å². The van der Waals surface area contributed by atoms with Gasteiger partial charge >= 0.3 is 0 Å². The fraction of sp³-hybridized carbons (Fsp3) is 1.00. The molecule has 0 aromatic carbocycles. The molecule has 0 aromatic heterocycles. The molecule has 3 heteroatoms. The first-order valence-corrected chi connectivity index (χ1v) is 6.37. The summed E-state index contributed by atoms with van der Waals surface area (Å²) in [6.07, 6.45) is 4.67. The van der Waals surface area contributed by atoms with Crippen LogP contribution < -0.4 is 5.32 Å². The zero-order valence-corrected chi connectivity index (χ0v) is 9.27. The molecule has 2 aliphatic heterocycles. The van der Waals surface area contributed by atoms with E-state index in [9.17, 15) is 0 Å². The fourth-order valence-electron chi connectivity index (χ4n) is 2.05. The van der Waals surface area contributed by atoms with E-state index in [0.29, 0.717) is 17.6 Å². The molecule has 2 aliphatic rings. The SMILES string of the molecule is CCC1CSC(C2CCC(C)O2)N1. The van der Waals surface area contributed by atoms with Gasteiger partial charge in [0.25, 0.3) is 0 Å². The monoisotopic (exact) mass is 201 g/mol. The van der Waals surface area contributed by atoms with Crippen LogP contribution >= 0.6 is 11.8 Å². The predicted molar refractivity (Wildman–Crippen MR) is 57.0 cm³/mol. The summed E-state index contributed by atoms with van der Waals surface area (Å²) < 4.78 is 5.85. The Morgan fingerprint density at radius 3 is 2.85 bits per heavy atom. The second-order valence-electron chi connectivity index (χ2n) is 4.09. The van der Waals surface area contributed by atoms with Crippen molar-refractivity contribution in [3.05, 3.63) is 0 Å². The van der Waals surface area contributed by atoms with Gasteiger partial charge in [-0.3, -0.25) is 5.32 Å². The van der Waals surface area contributed by atoms with Crippen molar-refractivity contribution < 1.29 is 4.74 Å². The minimum absolute atomic E-state index is 0.469. The summed E-state index contributed by atoms with van der Waals surface area (Å²) >= 11 is 2.04. The average Bonchev–Trinajstić information content (AvgIpc) is 2.71. The first kappa shape index (κ1) is 9.81. The molecule has 0 saturated carbocycles. The predicted octanol–water partition coefficient (Wildman–Crippen LogP) is 1.99. The van der Waals surface area contributed by atoms with Crippen LogP contribution in [0.3, 0.4) is 0 Å². The summed E-state index contributed by atoms with van der Waals surface area (Å²) in [5, 5.41) is 4.21. The van der Waals surface area contributed by atoms with Crippen molar-refractivity contribution in [2.24, 2.45) is 0 Å². The molecule has 2 saturated heterocycles. The highest BCUT2D eigenvalue weighted by Crippen LogP contribution is 2.31. The van der Waals surface area contributed by atoms with Crippen molar-refractivity contribution in [2.45, 2.75) is 56.7 Å². The van der Waals surface area contributed by atoms with Gasteiger partial charge in [0.1, 0.15) is 0 Å². The van der Waals surface area contributed by atoms with Crippen LogP contribution in [-0.4, -0.2) is 29.4 Å². The molecular formula is C10H19NOS. The van der Waals surface area contributed by atoms with Gasteiger partial charge < -0.3 is 4.74 Å². The molecule has 13 heavy (non-hydrogen) atoms. The van der Waals surface area contributed by atoms with Crippen LogP contribution in [0.15, 0.2) is 0 Å². The largest absolute Gasteiger partial charge is 0.373 e. The van der Waals surface area contributed by atoms with Crippen molar-refractivity contribution in [2.75, 3.05) is 5.75 Å². The molecule has 2 heterocycles. The van der Waals surface area contributed by atoms with E-state index in [2.05, 4.69) is 19.2 Å². The molecular weight excluding hydrogens is 182 g/mol. The van der Waals surface area contributed by atoms with Crippen molar-refractivity contribution >= 4 is 11.8 Å². The first-order chi connectivity index (χ1) is 6.29. The number of nitrogens with one attached hydrogen (secondary N) is 1. The van der Waals surface area contributed by atoms with Crippen molar-refractivity contribution in [1.29, 1.82) is 0 Å². The maximum atomic E-state index is 5.85. The summed E-state index contributed by atoms with van der Waals surface area (Å²) in [4.78, 5) is 0. The summed E-state index contributed by atoms with van der Waals surface area (Å²) in [7, 11) is 0. The van der Waals surface area contributed by atoms with E-state index >= 15 is 0 Å². The van der Waals surface area contributed by atoms with E-state index in [0.717, 1.165) is 6.04 Å². The Hall–Kier alpha value is 0.270. The molecule has 0 amide bonds. The Labute approximate surface area is 84.8 Å². The molecule has 0 radical (unpaired) electrons. The minimum atomic E-state index is 0.469. The molecule has 4 unspecified atom stereocenters. The molecule has 1 N–H and O–H groups in total. The topological polar surface area (TPSA) is 21.3 Å². The van der Waals surface area contributed by atoms with Gasteiger partial charge in [-0.2, -0.15) is 0 Å². The van der Waals surface area contributed by atoms with E-state index < -0.39 is 0 Å². The lowest BCUT2D eigenvalue weighted by molar-refractivity contribution is 0.0495. The highest BCUT2D eigenvalue weighted by Gasteiger charge is 2.34. The van der Waals surface area contributed by atoms with Gasteiger partial charge in [0, 0.05) is 11.8 Å². The standard InChI is InChI=1S/C10H19NOS/c1-3-8-6-13-10(11-8)9-5-4-7(2)12-9/h7-11H,3-6H2,1-2H3. The maximum absolute atomic E-state index is 5.85. The summed E-state index contributed by atoms with van der Waals surface area (Å²) in [5.41, 5.74) is 0. The summed E-state index contributed by atoms with van der Waals surface area (Å²) in [5.74, 6) is 1.26. The second kappa shape index (κ2) is 4.20. The summed E-state index contributed by atoms with van der Waals surface area (Å²) in [6, 6.07) is 0.717. The lowest BCUT2D eigenvalue weighted by Crippen LogP contribution is -2.37. The van der Waals surface area contributed by atoms with E-state index in [4.69, 9.17) is 4.74 Å². The van der Waals surface area contributed by atoms with E-state index in [-0.39, 0.29) is 0 Å². The molecule has 0 spiro atoms. The number of thioether (sulfide) groups is 1. The quantitative estimate of drug-likeness (QED) is 0.738. The van der Waals surface area contributed by atoms with Crippen LogP contribution in [0.25, 0.3) is 0 Å². The van der Waals surface area contributed by atoms with Crippen molar-refractivity contribution in [3.8, 4) is 0 Å². The van der Waals surface area contributed by atoms with Gasteiger partial charge in [-0.05, 0) is 26.2 Å². The Morgan fingerprint density at radius 2 is 2.31 bits per heavy atom. The number of hydrogen-bond donors (Lipinski definition) is 1. The molecule has 2 nitrogen and oxygen atoms in total. The van der Waals surface area contributed by atoms with Gasteiger partial charge in [0.15, 0.2) is 0 Å². The second-order valence-corrected chi connectivity index (χ2v) is 5.26. The average molecular weight is 201 g/mol. The summed E-state index contributed by atoms with van der Waals surface area (Å²) in [6.45, 7) is 4.43. The van der Waals surface area contributed by atoms with E-state index in [1.165, 1.54) is 25.0 Å². The molecule has 0 aliphatic carbocycles. The van der Waals surface area contributed by atoms with E-state index in [1.54, 1.807) is 0 Å². The Kier molecular flexibility index (Phi) is 3.17. The maximum Gasteiger partial charge on any atom is 0.0826 e. The Balaban J connectivity index is 1.82. The molecule has 0 aromatic rings. The number of ether oxygens (including phenoxy) is 1. The molecule has 2 rings (SSSR count). The van der Waals surface area contributed by atoms with Gasteiger partial charge in [-0.1, -0.05) is 6.92 Å². The highest BCUT2D eigenvalue weighted by atomic mass is 32.2. The lowest BCUT2D eigenvalue weighted by Gasteiger charge is -2.19. The number of hydrogen-bond acceptors (Lipinski definition) is 3. The first-order valence-electron chi connectivity index (χ1n) is 5.32. The lowest BCUT2D eigenvalue weighted by atomic mass is 10.2. The van der Waals surface area contributed by atoms with Crippen LogP contribution in [0.1, 0.15) is 33.1 Å². The smallest absolute Gasteiger partial charge is 0.0826 e. The normalized spacial score (nSPS) is 45.7. The van der Waals surface area contributed by atoms with Gasteiger partial charge in [0.2, 0.25) is 0 Å². The van der Waals surface area contributed by atoms with Gasteiger partial charge in [-0.15, -0.1) is 11.8 Å². The molecule has 76 valence electrons. The highest BCUT2D eigenvalue weighted by molar-refractivity contribution is 8.00. The third-order valence-electron chi connectivity index (χ3n) is 2.97. The van der Waals surface area contributed by atoms with Crippen LogP contribution in [0.2, 0.25) is 0 Å². The molecule has 2 fully saturated rings.